The molecule has 0 saturated heterocycles. The third kappa shape index (κ3) is 3.32. The van der Waals surface area contributed by atoms with Gasteiger partial charge in [0.15, 0.2) is 5.16 Å². The molecule has 26 heavy (non-hydrogen) atoms. The maximum atomic E-state index is 13.2. The van der Waals surface area contributed by atoms with E-state index in [-0.39, 0.29) is 12.1 Å². The lowest BCUT2D eigenvalue weighted by atomic mass is 10.1. The van der Waals surface area contributed by atoms with Crippen LogP contribution >= 0.6 is 23.1 Å². The first kappa shape index (κ1) is 18.4. The number of benzene rings is 1. The summed E-state index contributed by atoms with van der Waals surface area (Å²) in [6.07, 6.45) is 1.61. The molecule has 1 N–H and O–H groups in total. The van der Waals surface area contributed by atoms with Gasteiger partial charge in [-0.1, -0.05) is 48.2 Å². The Hall–Kier alpha value is -2.38. The number of carboxylic acids is 1. The molecule has 5 nitrogen and oxygen atoms in total. The maximum absolute atomic E-state index is 13.2. The Morgan fingerprint density at radius 1 is 1.38 bits per heavy atom. The number of carboxylic acid groups (broad SMARTS) is 1. The van der Waals surface area contributed by atoms with Crippen LogP contribution in [0.25, 0.3) is 21.3 Å². The number of nitrogens with zero attached hydrogens (tertiary/aromatic N) is 2. The molecular formula is C19H18N2O3S2. The Labute approximate surface area is 159 Å². The van der Waals surface area contributed by atoms with Gasteiger partial charge in [-0.2, -0.15) is 0 Å². The highest BCUT2D eigenvalue weighted by Crippen LogP contribution is 2.35. The summed E-state index contributed by atoms with van der Waals surface area (Å²) in [4.78, 5) is 29.9. The first-order chi connectivity index (χ1) is 12.3. The molecule has 0 saturated carbocycles. The third-order valence-electron chi connectivity index (χ3n) is 3.92. The molecule has 1 aromatic carbocycles. The van der Waals surface area contributed by atoms with Gasteiger partial charge in [-0.25, -0.2) is 4.98 Å². The fraction of sp³-hybridized carbons (Fsp3) is 0.211. The molecule has 2 heterocycles. The lowest BCUT2D eigenvalue weighted by Crippen LogP contribution is -2.30. The molecule has 2 aromatic heterocycles. The van der Waals surface area contributed by atoms with Crippen LogP contribution in [-0.2, 0) is 11.3 Å². The summed E-state index contributed by atoms with van der Waals surface area (Å²) in [6, 6.07) is 9.68. The van der Waals surface area contributed by atoms with E-state index in [4.69, 9.17) is 0 Å². The number of fused-ring (bicyclic) bond motifs is 1. The number of aliphatic carboxylic acids is 1. The Morgan fingerprint density at radius 2 is 2.08 bits per heavy atom. The number of allylic oxidation sites excluding steroid dienone is 1. The molecule has 0 spiro atoms. The van der Waals surface area contributed by atoms with Crippen LogP contribution in [0.1, 0.15) is 13.8 Å². The quantitative estimate of drug-likeness (QED) is 0.389. The van der Waals surface area contributed by atoms with Crippen molar-refractivity contribution in [2.45, 2.75) is 30.3 Å². The summed E-state index contributed by atoms with van der Waals surface area (Å²) in [6.45, 7) is 7.17. The molecule has 0 fully saturated rings. The van der Waals surface area contributed by atoms with Crippen molar-refractivity contribution in [2.24, 2.45) is 0 Å². The molecule has 3 rings (SSSR count). The lowest BCUT2D eigenvalue weighted by molar-refractivity contribution is -0.138. The van der Waals surface area contributed by atoms with Crippen molar-refractivity contribution < 1.29 is 9.90 Å². The summed E-state index contributed by atoms with van der Waals surface area (Å²) in [5, 5.41) is 12.3. The molecule has 0 amide bonds. The van der Waals surface area contributed by atoms with Gasteiger partial charge < -0.3 is 5.11 Å². The number of hydrogen-bond acceptors (Lipinski definition) is 5. The number of rotatable bonds is 6. The van der Waals surface area contributed by atoms with Gasteiger partial charge in [-0.05, 0) is 19.4 Å². The second kappa shape index (κ2) is 7.09. The van der Waals surface area contributed by atoms with Crippen LogP contribution in [0.15, 0.2) is 58.3 Å². The standard InChI is InChI=1S/C19H18N2O3S2/c1-4-10-21-16(22)14-13(12-8-6-5-7-9-12)11-25-15(14)20-18(21)26-19(2,3)17(23)24/h4-9,11H,1,10H2,2-3H3,(H,23,24). The molecule has 0 radical (unpaired) electrons. The SMILES string of the molecule is C=CCn1c(SC(C)(C)C(=O)O)nc2scc(-c3ccccc3)c2c1=O. The lowest BCUT2D eigenvalue weighted by Gasteiger charge is -2.20. The second-order valence-corrected chi connectivity index (χ2v) is 8.66. The van der Waals surface area contributed by atoms with Crippen LogP contribution in [0.2, 0.25) is 0 Å². The van der Waals surface area contributed by atoms with Gasteiger partial charge in [0, 0.05) is 17.5 Å². The Kier molecular flexibility index (Phi) is 5.02. The van der Waals surface area contributed by atoms with Gasteiger partial charge in [-0.15, -0.1) is 17.9 Å². The van der Waals surface area contributed by atoms with Gasteiger partial charge >= 0.3 is 5.97 Å². The molecule has 0 aliphatic heterocycles. The summed E-state index contributed by atoms with van der Waals surface area (Å²) in [5.41, 5.74) is 1.61. The van der Waals surface area contributed by atoms with Gasteiger partial charge in [0.05, 0.1) is 5.39 Å². The zero-order valence-corrected chi connectivity index (χ0v) is 16.1. The van der Waals surface area contributed by atoms with Crippen LogP contribution in [0, 0.1) is 0 Å². The molecule has 0 atom stereocenters. The number of thioether (sulfide) groups is 1. The van der Waals surface area contributed by atoms with Gasteiger partial charge in [0.1, 0.15) is 9.58 Å². The fourth-order valence-electron chi connectivity index (χ4n) is 2.48. The highest BCUT2D eigenvalue weighted by molar-refractivity contribution is 8.01. The molecule has 3 aromatic rings. The van der Waals surface area contributed by atoms with Crippen LogP contribution in [0.4, 0.5) is 0 Å². The van der Waals surface area contributed by atoms with Crippen molar-refractivity contribution >= 4 is 39.3 Å². The summed E-state index contributed by atoms with van der Waals surface area (Å²) in [7, 11) is 0. The highest BCUT2D eigenvalue weighted by atomic mass is 32.2. The molecule has 0 unspecified atom stereocenters. The minimum atomic E-state index is -1.10. The van der Waals surface area contributed by atoms with Gasteiger partial charge in [0.2, 0.25) is 0 Å². The third-order valence-corrected chi connectivity index (χ3v) is 5.97. The first-order valence-corrected chi connectivity index (χ1v) is 9.65. The summed E-state index contributed by atoms with van der Waals surface area (Å²) >= 11 is 2.45. The van der Waals surface area contributed by atoms with E-state index in [9.17, 15) is 14.7 Å². The Bertz CT molecular complexity index is 1040. The maximum Gasteiger partial charge on any atom is 0.319 e. The average Bonchev–Trinajstić information content (AvgIpc) is 3.02. The van der Waals surface area contributed by atoms with Crippen molar-refractivity contribution in [1.29, 1.82) is 0 Å². The summed E-state index contributed by atoms with van der Waals surface area (Å²) in [5.74, 6) is -0.960. The molecule has 0 aliphatic rings. The predicted octanol–water partition coefficient (Wildman–Crippen LogP) is 4.27. The molecule has 0 bridgehead atoms. The first-order valence-electron chi connectivity index (χ1n) is 7.96. The van der Waals surface area contributed by atoms with E-state index >= 15 is 0 Å². The van der Waals surface area contributed by atoms with E-state index < -0.39 is 10.7 Å². The zero-order chi connectivity index (χ0) is 18.9. The topological polar surface area (TPSA) is 72.2 Å². The number of thiophene rings is 1. The molecule has 134 valence electrons. The van der Waals surface area contributed by atoms with E-state index in [0.29, 0.717) is 15.4 Å². The van der Waals surface area contributed by atoms with E-state index in [1.54, 1.807) is 19.9 Å². The fourth-order valence-corrected chi connectivity index (χ4v) is 4.42. The number of carbonyl (C=O) groups is 1. The van der Waals surface area contributed by atoms with Crippen LogP contribution in [0.3, 0.4) is 0 Å². The average molecular weight is 386 g/mol. The number of hydrogen-bond donors (Lipinski definition) is 1. The molecule has 7 heteroatoms. The Balaban J connectivity index is 2.23. The van der Waals surface area contributed by atoms with Gasteiger partial charge in [0.25, 0.3) is 5.56 Å². The molecular weight excluding hydrogens is 368 g/mol. The van der Waals surface area contributed by atoms with Crippen molar-refractivity contribution in [2.75, 3.05) is 0 Å². The van der Waals surface area contributed by atoms with Crippen LogP contribution < -0.4 is 5.56 Å². The van der Waals surface area contributed by atoms with Crippen LogP contribution in [0.5, 0.6) is 0 Å². The van der Waals surface area contributed by atoms with E-state index in [1.807, 2.05) is 35.7 Å². The van der Waals surface area contributed by atoms with E-state index in [1.165, 1.54) is 15.9 Å². The minimum absolute atomic E-state index is 0.182. The monoisotopic (exact) mass is 386 g/mol. The van der Waals surface area contributed by atoms with E-state index in [0.717, 1.165) is 22.9 Å². The summed E-state index contributed by atoms with van der Waals surface area (Å²) < 4.78 is 0.388. The van der Waals surface area contributed by atoms with Crippen LogP contribution in [-0.4, -0.2) is 25.4 Å². The largest absolute Gasteiger partial charge is 0.480 e. The van der Waals surface area contributed by atoms with Crippen molar-refractivity contribution in [3.05, 3.63) is 58.7 Å². The smallest absolute Gasteiger partial charge is 0.319 e. The van der Waals surface area contributed by atoms with Crippen molar-refractivity contribution in [1.82, 2.24) is 9.55 Å². The highest BCUT2D eigenvalue weighted by Gasteiger charge is 2.31. The Morgan fingerprint density at radius 3 is 2.69 bits per heavy atom. The van der Waals surface area contributed by atoms with Gasteiger partial charge in [-0.3, -0.25) is 14.2 Å². The number of aromatic nitrogens is 2. The molecule has 0 aliphatic carbocycles. The minimum Gasteiger partial charge on any atom is -0.480 e. The van der Waals surface area contributed by atoms with Crippen molar-refractivity contribution in [3.63, 3.8) is 0 Å². The van der Waals surface area contributed by atoms with E-state index in [2.05, 4.69) is 11.6 Å². The van der Waals surface area contributed by atoms with Crippen molar-refractivity contribution in [3.8, 4) is 11.1 Å². The normalized spacial score (nSPS) is 11.6. The predicted molar refractivity (Wildman–Crippen MR) is 107 cm³/mol. The second-order valence-electron chi connectivity index (χ2n) is 6.21. The zero-order valence-electron chi connectivity index (χ0n) is 14.4.